The first-order valence-electron chi connectivity index (χ1n) is 17.8. The highest BCUT2D eigenvalue weighted by Gasteiger charge is 2.39. The smallest absolute Gasteiger partial charge is 0.256 e. The van der Waals surface area contributed by atoms with Gasteiger partial charge in [-0.05, 0) is 36.1 Å². The monoisotopic (exact) mass is 719 g/mol. The van der Waals surface area contributed by atoms with Gasteiger partial charge in [-0.2, -0.15) is 0 Å². The number of amides is 2. The molecule has 0 spiro atoms. The molecule has 1 aliphatic rings. The molecule has 270 valence electrons. The summed E-state index contributed by atoms with van der Waals surface area (Å²) < 4.78 is 19.8. The van der Waals surface area contributed by atoms with Crippen molar-refractivity contribution in [2.24, 2.45) is 5.92 Å². The minimum Gasteiger partial charge on any atom is -0.431 e. The van der Waals surface area contributed by atoms with Crippen LogP contribution in [0.25, 0.3) is 22.6 Å². The average molecular weight is 720 g/mol. The van der Waals surface area contributed by atoms with Crippen LogP contribution in [0.15, 0.2) is 119 Å². The van der Waals surface area contributed by atoms with Crippen molar-refractivity contribution >= 4 is 29.3 Å². The topological polar surface area (TPSA) is 123 Å². The number of nitrogens with one attached hydrogen (secondary N) is 2. The maximum absolute atomic E-state index is 12.8. The van der Waals surface area contributed by atoms with Gasteiger partial charge in [0, 0.05) is 53.9 Å². The molecule has 4 unspecified atom stereocenters. The van der Waals surface area contributed by atoms with Crippen LogP contribution in [0.1, 0.15) is 68.6 Å². The van der Waals surface area contributed by atoms with Gasteiger partial charge < -0.3 is 29.6 Å². The quantitative estimate of drug-likeness (QED) is 0.0726. The van der Waals surface area contributed by atoms with E-state index in [2.05, 4.69) is 17.6 Å². The molecule has 10 heteroatoms. The number of aliphatic hydroxyl groups excluding tert-OH is 1. The number of benzene rings is 4. The number of hydrogen-bond acceptors (Lipinski definition) is 8. The second-order valence-electron chi connectivity index (χ2n) is 13.0. The van der Waals surface area contributed by atoms with E-state index in [9.17, 15) is 14.7 Å². The Bertz CT molecular complexity index is 1840. The fraction of sp³-hybridized carbons (Fsp3) is 0.310. The number of aromatic nitrogens is 1. The first kappa shape index (κ1) is 37.0. The van der Waals surface area contributed by atoms with Crippen LogP contribution in [-0.4, -0.2) is 40.3 Å². The van der Waals surface area contributed by atoms with Gasteiger partial charge in [0.1, 0.15) is 5.69 Å². The maximum atomic E-state index is 12.8. The summed E-state index contributed by atoms with van der Waals surface area (Å²) in [5.41, 5.74) is 6.01. The summed E-state index contributed by atoms with van der Waals surface area (Å²) in [5, 5.41) is 16.0. The van der Waals surface area contributed by atoms with Gasteiger partial charge >= 0.3 is 0 Å². The molecule has 5 aromatic rings. The highest BCUT2D eigenvalue weighted by Crippen LogP contribution is 2.44. The molecule has 9 nitrogen and oxygen atoms in total. The number of anilines is 1. The number of carbonyl (C=O) groups excluding carboxylic acids is 2. The van der Waals surface area contributed by atoms with E-state index in [4.69, 9.17) is 18.9 Å². The Morgan fingerprint density at radius 1 is 0.827 bits per heavy atom. The SMILES string of the molecule is CC(=O)NCCCCCC(=O)Nc1cccc(C2OC(CSc3nc(-c4ccccc4)c(-c4ccccc4)o3)C(C)C(c3ccc(CO)cc3)O2)c1. The van der Waals surface area contributed by atoms with Gasteiger partial charge in [0.2, 0.25) is 11.8 Å². The molecule has 1 aliphatic heterocycles. The van der Waals surface area contributed by atoms with Gasteiger partial charge in [0.15, 0.2) is 12.1 Å². The van der Waals surface area contributed by atoms with E-state index in [0.29, 0.717) is 29.6 Å². The fourth-order valence-corrected chi connectivity index (χ4v) is 7.23. The molecule has 4 atom stereocenters. The maximum Gasteiger partial charge on any atom is 0.256 e. The highest BCUT2D eigenvalue weighted by atomic mass is 32.2. The van der Waals surface area contributed by atoms with E-state index in [1.807, 2.05) is 109 Å². The highest BCUT2D eigenvalue weighted by molar-refractivity contribution is 7.99. The zero-order valence-electron chi connectivity index (χ0n) is 29.5. The zero-order chi connectivity index (χ0) is 36.3. The van der Waals surface area contributed by atoms with Crippen molar-refractivity contribution in [1.82, 2.24) is 10.3 Å². The molecule has 4 aromatic carbocycles. The van der Waals surface area contributed by atoms with Crippen LogP contribution in [0.2, 0.25) is 0 Å². The van der Waals surface area contributed by atoms with Crippen molar-refractivity contribution in [3.05, 3.63) is 126 Å². The van der Waals surface area contributed by atoms with Crippen molar-refractivity contribution in [3.63, 3.8) is 0 Å². The van der Waals surface area contributed by atoms with E-state index in [-0.39, 0.29) is 36.5 Å². The second-order valence-corrected chi connectivity index (χ2v) is 14.0. The predicted molar refractivity (Wildman–Crippen MR) is 203 cm³/mol. The molecule has 1 saturated heterocycles. The second kappa shape index (κ2) is 18.1. The van der Waals surface area contributed by atoms with Gasteiger partial charge in [-0.1, -0.05) is 122 Å². The number of ether oxygens (including phenoxy) is 2. The summed E-state index contributed by atoms with van der Waals surface area (Å²) in [6.45, 7) is 4.21. The van der Waals surface area contributed by atoms with E-state index in [1.54, 1.807) is 0 Å². The first-order chi connectivity index (χ1) is 25.4. The molecule has 0 aliphatic carbocycles. The molecule has 3 N–H and O–H groups in total. The van der Waals surface area contributed by atoms with Crippen molar-refractivity contribution in [2.75, 3.05) is 17.6 Å². The minimum atomic E-state index is -0.695. The van der Waals surface area contributed by atoms with Gasteiger partial charge in [0.05, 0.1) is 18.8 Å². The van der Waals surface area contributed by atoms with Crippen LogP contribution in [0, 0.1) is 5.92 Å². The number of unbranched alkanes of at least 4 members (excludes halogenated alkanes) is 2. The van der Waals surface area contributed by atoms with Crippen molar-refractivity contribution < 1.29 is 28.6 Å². The lowest BCUT2D eigenvalue weighted by atomic mass is 9.91. The summed E-state index contributed by atoms with van der Waals surface area (Å²) in [4.78, 5) is 28.8. The van der Waals surface area contributed by atoms with Crippen LogP contribution in [0.3, 0.4) is 0 Å². The molecule has 6 rings (SSSR count). The third kappa shape index (κ3) is 9.77. The first-order valence-corrected chi connectivity index (χ1v) is 18.8. The van der Waals surface area contributed by atoms with Crippen molar-refractivity contribution in [3.8, 4) is 22.6 Å². The molecule has 2 amide bonds. The van der Waals surface area contributed by atoms with Gasteiger partial charge in [-0.15, -0.1) is 0 Å². The van der Waals surface area contributed by atoms with Crippen LogP contribution in [0.5, 0.6) is 0 Å². The molecule has 2 heterocycles. The third-order valence-corrected chi connectivity index (χ3v) is 10.00. The average Bonchev–Trinajstić information content (AvgIpc) is 3.61. The lowest BCUT2D eigenvalue weighted by Gasteiger charge is -2.41. The van der Waals surface area contributed by atoms with Crippen LogP contribution >= 0.6 is 11.8 Å². The molecular weight excluding hydrogens is 675 g/mol. The third-order valence-electron chi connectivity index (χ3n) is 9.08. The summed E-state index contributed by atoms with van der Waals surface area (Å²) >= 11 is 1.51. The number of oxazole rings is 1. The standard InChI is InChI=1S/C42H45N3O6S/c1-28-36(27-52-42-45-38(31-13-6-3-7-14-31)40(51-42)32-15-8-4-9-16-32)49-41(50-39(28)33-22-20-30(26-46)21-23-33)34-17-12-18-35(25-34)44-37(48)19-10-5-11-24-43-29(2)47/h3-4,6-9,12-18,20-23,25,28,36,39,41,46H,5,10-11,19,24,26-27H2,1-2H3,(H,43,47)(H,44,48). The number of carbonyl (C=O) groups is 2. The van der Waals surface area contributed by atoms with Gasteiger partial charge in [0.25, 0.3) is 5.22 Å². The Labute approximate surface area is 309 Å². The summed E-state index contributed by atoms with van der Waals surface area (Å²) in [5.74, 6) is 1.14. The Kier molecular flexibility index (Phi) is 12.9. The lowest BCUT2D eigenvalue weighted by Crippen LogP contribution is -2.38. The number of rotatable bonds is 15. The van der Waals surface area contributed by atoms with Gasteiger partial charge in [-0.3, -0.25) is 9.59 Å². The normalized spacial score (nSPS) is 18.5. The summed E-state index contributed by atoms with van der Waals surface area (Å²) in [7, 11) is 0. The predicted octanol–water partition coefficient (Wildman–Crippen LogP) is 8.72. The molecule has 0 saturated carbocycles. The molecule has 1 fully saturated rings. The number of nitrogens with zero attached hydrogens (tertiary/aromatic N) is 1. The molecular formula is C42H45N3O6S. The van der Waals surface area contributed by atoms with Gasteiger partial charge in [-0.25, -0.2) is 4.98 Å². The Balaban J connectivity index is 1.19. The molecule has 1 aromatic heterocycles. The largest absolute Gasteiger partial charge is 0.431 e. The van der Waals surface area contributed by atoms with E-state index in [0.717, 1.165) is 58.5 Å². The number of thioether (sulfide) groups is 1. The van der Waals surface area contributed by atoms with Crippen molar-refractivity contribution in [1.29, 1.82) is 0 Å². The number of aliphatic hydroxyl groups is 1. The fourth-order valence-electron chi connectivity index (χ4n) is 6.24. The minimum absolute atomic E-state index is 0.0330. The van der Waals surface area contributed by atoms with E-state index >= 15 is 0 Å². The summed E-state index contributed by atoms with van der Waals surface area (Å²) in [6.07, 6.45) is 1.58. The van der Waals surface area contributed by atoms with Crippen molar-refractivity contribution in [2.45, 2.75) is 69.9 Å². The zero-order valence-corrected chi connectivity index (χ0v) is 30.3. The van der Waals surface area contributed by atoms with Crippen LogP contribution in [-0.2, 0) is 25.7 Å². The van der Waals surface area contributed by atoms with Crippen LogP contribution in [0.4, 0.5) is 5.69 Å². The summed E-state index contributed by atoms with van der Waals surface area (Å²) in [6, 6.07) is 35.5. The number of hydrogen-bond donors (Lipinski definition) is 3. The Morgan fingerprint density at radius 3 is 2.27 bits per heavy atom. The molecule has 0 bridgehead atoms. The van der Waals surface area contributed by atoms with Crippen LogP contribution < -0.4 is 10.6 Å². The van der Waals surface area contributed by atoms with E-state index in [1.165, 1.54) is 18.7 Å². The van der Waals surface area contributed by atoms with E-state index < -0.39 is 6.29 Å². The molecule has 52 heavy (non-hydrogen) atoms. The lowest BCUT2D eigenvalue weighted by molar-refractivity contribution is -0.268. The Morgan fingerprint density at radius 2 is 1.56 bits per heavy atom. The molecule has 0 radical (unpaired) electrons. The Hall–Kier alpha value is -4.74.